The van der Waals surface area contributed by atoms with E-state index in [1.54, 1.807) is 0 Å². The molecule has 100 valence electrons. The van der Waals surface area contributed by atoms with Crippen LogP contribution in [0.1, 0.15) is 35.8 Å². The molecule has 5 heteroatoms. The molecule has 0 N–H and O–H groups in total. The molecule has 0 saturated carbocycles. The number of likely N-dealkylation sites (tertiary alicyclic amines) is 1. The van der Waals surface area contributed by atoms with Crippen molar-refractivity contribution in [1.82, 2.24) is 24.6 Å². The largest absolute Gasteiger partial charge is 0.290 e. The molecule has 1 aliphatic heterocycles. The number of aryl methyl sites for hydroxylation is 2. The third-order valence-electron chi connectivity index (χ3n) is 3.67. The third-order valence-corrected chi connectivity index (χ3v) is 3.67. The molecule has 3 heterocycles. The van der Waals surface area contributed by atoms with Crippen molar-refractivity contribution in [1.29, 1.82) is 0 Å². The summed E-state index contributed by atoms with van der Waals surface area (Å²) in [6, 6.07) is 0.469. The van der Waals surface area contributed by atoms with Gasteiger partial charge < -0.3 is 0 Å². The highest BCUT2D eigenvalue weighted by Gasteiger charge is 2.27. The van der Waals surface area contributed by atoms with Crippen molar-refractivity contribution in [2.24, 2.45) is 7.05 Å². The van der Waals surface area contributed by atoms with Crippen LogP contribution in [0.25, 0.3) is 0 Å². The van der Waals surface area contributed by atoms with Crippen molar-refractivity contribution in [3.63, 3.8) is 0 Å². The van der Waals surface area contributed by atoms with Crippen LogP contribution in [0.15, 0.2) is 24.8 Å². The van der Waals surface area contributed by atoms with Gasteiger partial charge in [-0.05, 0) is 26.3 Å². The van der Waals surface area contributed by atoms with Gasteiger partial charge in [0.15, 0.2) is 0 Å². The van der Waals surface area contributed by atoms with E-state index in [9.17, 15) is 0 Å². The van der Waals surface area contributed by atoms with Gasteiger partial charge in [0.2, 0.25) is 0 Å². The van der Waals surface area contributed by atoms with Crippen molar-refractivity contribution in [2.75, 3.05) is 6.54 Å². The van der Waals surface area contributed by atoms with Crippen LogP contribution in [0.5, 0.6) is 0 Å². The van der Waals surface area contributed by atoms with Gasteiger partial charge in [0.05, 0.1) is 17.6 Å². The van der Waals surface area contributed by atoms with Gasteiger partial charge in [0, 0.05) is 43.8 Å². The molecule has 0 aliphatic carbocycles. The summed E-state index contributed by atoms with van der Waals surface area (Å²) in [7, 11) is 1.97. The monoisotopic (exact) mass is 257 g/mol. The summed E-state index contributed by atoms with van der Waals surface area (Å²) < 4.78 is 1.87. The molecule has 3 rings (SSSR count). The highest BCUT2D eigenvalue weighted by molar-refractivity contribution is 5.13. The second-order valence-electron chi connectivity index (χ2n) is 5.22. The predicted molar refractivity (Wildman–Crippen MR) is 72.4 cm³/mol. The summed E-state index contributed by atoms with van der Waals surface area (Å²) in [5, 5.41) is 4.28. The van der Waals surface area contributed by atoms with Gasteiger partial charge in [-0.3, -0.25) is 19.5 Å². The van der Waals surface area contributed by atoms with Gasteiger partial charge in [0.25, 0.3) is 0 Å². The smallest absolute Gasteiger partial charge is 0.0727 e. The lowest BCUT2D eigenvalue weighted by molar-refractivity contribution is 0.245. The maximum Gasteiger partial charge on any atom is 0.0727 e. The van der Waals surface area contributed by atoms with Crippen molar-refractivity contribution in [3.8, 4) is 0 Å². The lowest BCUT2D eigenvalue weighted by Gasteiger charge is -2.22. The molecule has 1 atom stereocenters. The molecular formula is C14H19N5. The Morgan fingerprint density at radius 1 is 1.26 bits per heavy atom. The second kappa shape index (κ2) is 5.09. The lowest BCUT2D eigenvalue weighted by atomic mass is 10.1. The zero-order valence-electron chi connectivity index (χ0n) is 11.5. The molecule has 0 spiro atoms. The van der Waals surface area contributed by atoms with E-state index in [2.05, 4.69) is 26.2 Å². The maximum atomic E-state index is 4.45. The molecular weight excluding hydrogens is 238 g/mol. The van der Waals surface area contributed by atoms with Crippen LogP contribution in [-0.4, -0.2) is 31.2 Å². The van der Waals surface area contributed by atoms with E-state index < -0.39 is 0 Å². The molecule has 0 radical (unpaired) electrons. The molecule has 1 saturated heterocycles. The standard InChI is InChI=1S/C14H19N5/c1-11-6-16-13(8-15-11)10-19-5-3-4-14(19)12-7-17-18(2)9-12/h6-9,14H,3-5,10H2,1-2H3/t14-/m0/s1. The second-order valence-corrected chi connectivity index (χ2v) is 5.22. The molecule has 0 aromatic carbocycles. The zero-order valence-corrected chi connectivity index (χ0v) is 11.5. The Kier molecular flexibility index (Phi) is 3.29. The predicted octanol–water partition coefficient (Wildman–Crippen LogP) is 1.86. The molecule has 1 aliphatic rings. The van der Waals surface area contributed by atoms with E-state index in [1.807, 2.05) is 37.2 Å². The van der Waals surface area contributed by atoms with E-state index >= 15 is 0 Å². The topological polar surface area (TPSA) is 46.8 Å². The van der Waals surface area contributed by atoms with E-state index in [4.69, 9.17) is 0 Å². The van der Waals surface area contributed by atoms with Crippen LogP contribution in [0.2, 0.25) is 0 Å². The fourth-order valence-corrected chi connectivity index (χ4v) is 2.71. The van der Waals surface area contributed by atoms with Gasteiger partial charge in [-0.15, -0.1) is 0 Å². The summed E-state index contributed by atoms with van der Waals surface area (Å²) in [5.74, 6) is 0. The molecule has 2 aromatic heterocycles. The first kappa shape index (κ1) is 12.3. The average Bonchev–Trinajstić information content (AvgIpc) is 3.01. The highest BCUT2D eigenvalue weighted by atomic mass is 15.3. The Bertz CT molecular complexity index is 545. The number of aromatic nitrogens is 4. The van der Waals surface area contributed by atoms with Crippen molar-refractivity contribution in [3.05, 3.63) is 41.7 Å². The van der Waals surface area contributed by atoms with Crippen LogP contribution in [-0.2, 0) is 13.6 Å². The number of hydrogen-bond donors (Lipinski definition) is 0. The van der Waals surface area contributed by atoms with E-state index in [-0.39, 0.29) is 0 Å². The van der Waals surface area contributed by atoms with Crippen LogP contribution >= 0.6 is 0 Å². The van der Waals surface area contributed by atoms with Gasteiger partial charge in [-0.25, -0.2) is 0 Å². The molecule has 5 nitrogen and oxygen atoms in total. The summed E-state index contributed by atoms with van der Waals surface area (Å²) in [4.78, 5) is 11.2. The van der Waals surface area contributed by atoms with Crippen molar-refractivity contribution >= 4 is 0 Å². The first-order chi connectivity index (χ1) is 9.22. The zero-order chi connectivity index (χ0) is 13.2. The molecule has 1 fully saturated rings. The Morgan fingerprint density at radius 3 is 2.84 bits per heavy atom. The third kappa shape index (κ3) is 2.66. The van der Waals surface area contributed by atoms with E-state index in [0.717, 1.165) is 24.5 Å². The fourth-order valence-electron chi connectivity index (χ4n) is 2.71. The van der Waals surface area contributed by atoms with Crippen LogP contribution in [0.3, 0.4) is 0 Å². The summed E-state index contributed by atoms with van der Waals surface area (Å²) >= 11 is 0. The minimum absolute atomic E-state index is 0.469. The minimum Gasteiger partial charge on any atom is -0.290 e. The highest BCUT2D eigenvalue weighted by Crippen LogP contribution is 2.32. The SMILES string of the molecule is Cc1cnc(CN2CCC[C@H]2c2cnn(C)c2)cn1. The molecule has 0 bridgehead atoms. The normalized spacial score (nSPS) is 20.0. The fraction of sp³-hybridized carbons (Fsp3) is 0.500. The van der Waals surface area contributed by atoms with E-state index in [0.29, 0.717) is 6.04 Å². The van der Waals surface area contributed by atoms with Gasteiger partial charge in [-0.1, -0.05) is 0 Å². The molecule has 0 unspecified atom stereocenters. The minimum atomic E-state index is 0.469. The summed E-state index contributed by atoms with van der Waals surface area (Å²) in [6.07, 6.45) is 10.2. The maximum absolute atomic E-state index is 4.45. The van der Waals surface area contributed by atoms with Crippen LogP contribution in [0.4, 0.5) is 0 Å². The Hall–Kier alpha value is -1.75. The first-order valence-electron chi connectivity index (χ1n) is 6.72. The number of hydrogen-bond acceptors (Lipinski definition) is 4. The van der Waals surface area contributed by atoms with Crippen LogP contribution < -0.4 is 0 Å². The average molecular weight is 257 g/mol. The Morgan fingerprint density at radius 2 is 2.16 bits per heavy atom. The van der Waals surface area contributed by atoms with Gasteiger partial charge in [0.1, 0.15) is 0 Å². The van der Waals surface area contributed by atoms with Gasteiger partial charge >= 0.3 is 0 Å². The molecule has 19 heavy (non-hydrogen) atoms. The summed E-state index contributed by atoms with van der Waals surface area (Å²) in [5.41, 5.74) is 3.32. The van der Waals surface area contributed by atoms with Crippen molar-refractivity contribution in [2.45, 2.75) is 32.4 Å². The number of nitrogens with zero attached hydrogens (tertiary/aromatic N) is 5. The summed E-state index contributed by atoms with van der Waals surface area (Å²) in [6.45, 7) is 3.95. The quantitative estimate of drug-likeness (QED) is 0.842. The van der Waals surface area contributed by atoms with Crippen LogP contribution in [0, 0.1) is 6.92 Å². The first-order valence-corrected chi connectivity index (χ1v) is 6.72. The Balaban J connectivity index is 1.74. The van der Waals surface area contributed by atoms with E-state index in [1.165, 1.54) is 18.4 Å². The number of rotatable bonds is 3. The Labute approximate surface area is 113 Å². The van der Waals surface area contributed by atoms with Crippen molar-refractivity contribution < 1.29 is 0 Å². The molecule has 2 aromatic rings. The lowest BCUT2D eigenvalue weighted by Crippen LogP contribution is -2.23. The molecule has 0 amide bonds. The van der Waals surface area contributed by atoms with Gasteiger partial charge in [-0.2, -0.15) is 5.10 Å².